The monoisotopic (exact) mass is 608 g/mol. The summed E-state index contributed by atoms with van der Waals surface area (Å²) in [4.78, 5) is 90.1. The topological polar surface area (TPSA) is 186 Å². The van der Waals surface area contributed by atoms with E-state index in [0.717, 1.165) is 34.6 Å². The van der Waals surface area contributed by atoms with Crippen LogP contribution in [0.1, 0.15) is 68.7 Å². The number of fused-ring (bicyclic) bond motifs is 1. The zero-order valence-corrected chi connectivity index (χ0v) is 25.9. The summed E-state index contributed by atoms with van der Waals surface area (Å²) in [6.45, 7) is 14.8. The number of allylic oxidation sites excluding steroid dienone is 2. The van der Waals surface area contributed by atoms with Gasteiger partial charge in [0.05, 0.1) is 5.92 Å². The lowest BCUT2D eigenvalue weighted by atomic mass is 9.72. The molecule has 0 aromatic heterocycles. The molecule has 0 bridgehead atoms. The van der Waals surface area contributed by atoms with E-state index in [0.29, 0.717) is 0 Å². The molecule has 8 unspecified atom stereocenters. The van der Waals surface area contributed by atoms with E-state index < -0.39 is 106 Å². The minimum Gasteiger partial charge on any atom is -0.458 e. The number of ketones is 2. The van der Waals surface area contributed by atoms with Gasteiger partial charge in [0.15, 0.2) is 41.1 Å². The standard InChI is InChI=1S/C30H40O13/c1-14-11-12-28(8,9)26(38)22(36)24(40-17(4)32)15(2)23(39-16(3)31)21-27(41-18(5)33)29(10,42-19(6)34)13-30(21,25(14)37)43-20(7)35/h11-12,14,21-24,27,36H,2,13H2,1,3-10H3. The molecule has 2 aliphatic carbocycles. The molecule has 0 aromatic carbocycles. The molecule has 238 valence electrons. The number of hydrogen-bond acceptors (Lipinski definition) is 13. The Balaban J connectivity index is 3.14. The molecule has 8 atom stereocenters. The number of ether oxygens (including phenoxy) is 5. The summed E-state index contributed by atoms with van der Waals surface area (Å²) in [6, 6.07) is 0. The van der Waals surface area contributed by atoms with E-state index in [1.54, 1.807) is 0 Å². The number of hydrogen-bond donors (Lipinski definition) is 1. The summed E-state index contributed by atoms with van der Waals surface area (Å²) in [5.74, 6) is -8.92. The SMILES string of the molecule is C=C1C(OC(C)=O)C(O)C(=O)C(C)(C)C=CC(C)C(=O)C2(OC(C)=O)CC(C)(OC(C)=O)C(OC(C)=O)C2C1OC(C)=O. The molecule has 0 aromatic rings. The third kappa shape index (κ3) is 7.38. The Hall–Kier alpha value is -3.87. The van der Waals surface area contributed by atoms with Crippen LogP contribution in [0.15, 0.2) is 24.3 Å². The molecular weight excluding hydrogens is 568 g/mol. The fraction of sp³-hybridized carbons (Fsp3) is 0.633. The van der Waals surface area contributed by atoms with Gasteiger partial charge in [0.25, 0.3) is 0 Å². The summed E-state index contributed by atoms with van der Waals surface area (Å²) in [5, 5.41) is 11.3. The van der Waals surface area contributed by atoms with Crippen molar-refractivity contribution in [3.8, 4) is 0 Å². The highest BCUT2D eigenvalue weighted by Gasteiger charge is 2.71. The van der Waals surface area contributed by atoms with E-state index in [2.05, 4.69) is 6.58 Å². The Labute approximate surface area is 249 Å². The van der Waals surface area contributed by atoms with Crippen LogP contribution in [-0.2, 0) is 57.2 Å². The lowest BCUT2D eigenvalue weighted by Crippen LogP contribution is -2.58. The number of carbonyl (C=O) groups excluding carboxylic acids is 7. The fourth-order valence-electron chi connectivity index (χ4n) is 5.93. The molecule has 0 radical (unpaired) electrons. The second kappa shape index (κ2) is 12.8. The van der Waals surface area contributed by atoms with Gasteiger partial charge in [-0.3, -0.25) is 33.6 Å². The summed E-state index contributed by atoms with van der Waals surface area (Å²) in [7, 11) is 0. The average Bonchev–Trinajstić information content (AvgIpc) is 3.07. The van der Waals surface area contributed by atoms with Crippen molar-refractivity contribution in [2.45, 2.75) is 104 Å². The van der Waals surface area contributed by atoms with Crippen molar-refractivity contribution in [1.29, 1.82) is 0 Å². The van der Waals surface area contributed by atoms with E-state index in [4.69, 9.17) is 23.7 Å². The summed E-state index contributed by atoms with van der Waals surface area (Å²) in [6.07, 6.45) is -5.13. The molecule has 2 aliphatic rings. The molecular formula is C30H40O13. The minimum atomic E-state index is -2.30. The van der Waals surface area contributed by atoms with E-state index in [1.807, 2.05) is 0 Å². The fourth-order valence-corrected chi connectivity index (χ4v) is 5.93. The van der Waals surface area contributed by atoms with Crippen molar-refractivity contribution >= 4 is 41.4 Å². The number of aliphatic hydroxyl groups is 1. The van der Waals surface area contributed by atoms with Gasteiger partial charge in [-0.2, -0.15) is 0 Å². The molecule has 13 heteroatoms. The molecule has 0 saturated heterocycles. The zero-order chi connectivity index (χ0) is 33.2. The summed E-state index contributed by atoms with van der Waals surface area (Å²) in [5.41, 5.74) is -5.96. The van der Waals surface area contributed by atoms with E-state index >= 15 is 0 Å². The third-order valence-corrected chi connectivity index (χ3v) is 7.54. The van der Waals surface area contributed by atoms with Crippen molar-refractivity contribution in [3.63, 3.8) is 0 Å². The first-order valence-electron chi connectivity index (χ1n) is 13.6. The summed E-state index contributed by atoms with van der Waals surface area (Å²) >= 11 is 0. The highest BCUT2D eigenvalue weighted by Crippen LogP contribution is 2.53. The number of aliphatic hydroxyl groups excluding tert-OH is 1. The van der Waals surface area contributed by atoms with Gasteiger partial charge in [0.1, 0.15) is 6.10 Å². The van der Waals surface area contributed by atoms with Crippen LogP contribution < -0.4 is 0 Å². The largest absolute Gasteiger partial charge is 0.458 e. The van der Waals surface area contributed by atoms with E-state index in [-0.39, 0.29) is 0 Å². The van der Waals surface area contributed by atoms with Crippen molar-refractivity contribution in [3.05, 3.63) is 24.3 Å². The zero-order valence-electron chi connectivity index (χ0n) is 25.9. The Morgan fingerprint density at radius 3 is 1.74 bits per heavy atom. The number of Topliss-reactive ketones (excluding diaryl/α,β-unsaturated/α-hetero) is 2. The Morgan fingerprint density at radius 2 is 1.28 bits per heavy atom. The Kier molecular flexibility index (Phi) is 10.5. The number of rotatable bonds is 5. The highest BCUT2D eigenvalue weighted by atomic mass is 16.6. The maximum Gasteiger partial charge on any atom is 0.303 e. The van der Waals surface area contributed by atoms with Crippen molar-refractivity contribution in [2.24, 2.45) is 17.3 Å². The van der Waals surface area contributed by atoms with Crippen LogP contribution in [0.3, 0.4) is 0 Å². The first-order valence-corrected chi connectivity index (χ1v) is 13.6. The highest BCUT2D eigenvalue weighted by molar-refractivity contribution is 5.95. The van der Waals surface area contributed by atoms with Crippen LogP contribution in [-0.4, -0.2) is 82.1 Å². The lowest BCUT2D eigenvalue weighted by molar-refractivity contribution is -0.190. The summed E-state index contributed by atoms with van der Waals surface area (Å²) < 4.78 is 28.0. The van der Waals surface area contributed by atoms with Crippen LogP contribution in [0.2, 0.25) is 0 Å². The predicted octanol–water partition coefficient (Wildman–Crippen LogP) is 1.71. The maximum absolute atomic E-state index is 14.5. The van der Waals surface area contributed by atoms with Gasteiger partial charge >= 0.3 is 29.8 Å². The maximum atomic E-state index is 14.5. The van der Waals surface area contributed by atoms with Crippen LogP contribution in [0.4, 0.5) is 0 Å². The van der Waals surface area contributed by atoms with Gasteiger partial charge in [0, 0.05) is 57.9 Å². The van der Waals surface area contributed by atoms with Crippen molar-refractivity contribution in [1.82, 2.24) is 0 Å². The second-order valence-electron chi connectivity index (χ2n) is 11.8. The van der Waals surface area contributed by atoms with Crippen molar-refractivity contribution in [2.75, 3.05) is 0 Å². The quantitative estimate of drug-likeness (QED) is 0.270. The van der Waals surface area contributed by atoms with Gasteiger partial charge in [-0.15, -0.1) is 0 Å². The first-order chi connectivity index (χ1) is 19.6. The van der Waals surface area contributed by atoms with Crippen LogP contribution >= 0.6 is 0 Å². The minimum absolute atomic E-state index is 0.391. The average molecular weight is 609 g/mol. The van der Waals surface area contributed by atoms with Gasteiger partial charge in [-0.25, -0.2) is 0 Å². The Morgan fingerprint density at radius 1 is 0.791 bits per heavy atom. The van der Waals surface area contributed by atoms with E-state index in [1.165, 1.54) is 39.8 Å². The molecule has 1 fully saturated rings. The second-order valence-corrected chi connectivity index (χ2v) is 11.8. The van der Waals surface area contributed by atoms with Crippen LogP contribution in [0.5, 0.6) is 0 Å². The molecule has 0 amide bonds. The molecule has 0 aliphatic heterocycles. The number of esters is 5. The van der Waals surface area contributed by atoms with E-state index in [9.17, 15) is 38.7 Å². The van der Waals surface area contributed by atoms with Gasteiger partial charge in [0.2, 0.25) is 0 Å². The molecule has 1 saturated carbocycles. The van der Waals surface area contributed by atoms with Gasteiger partial charge in [-0.1, -0.05) is 25.7 Å². The predicted molar refractivity (Wildman–Crippen MR) is 147 cm³/mol. The van der Waals surface area contributed by atoms with Crippen LogP contribution in [0.25, 0.3) is 0 Å². The molecule has 2 rings (SSSR count). The van der Waals surface area contributed by atoms with Crippen molar-refractivity contribution < 1.29 is 62.4 Å². The smallest absolute Gasteiger partial charge is 0.303 e. The number of carbonyl (C=O) groups is 7. The van der Waals surface area contributed by atoms with Gasteiger partial charge in [-0.05, 0) is 20.8 Å². The molecule has 43 heavy (non-hydrogen) atoms. The molecule has 0 heterocycles. The first kappa shape index (κ1) is 35.3. The van der Waals surface area contributed by atoms with Gasteiger partial charge < -0.3 is 28.8 Å². The third-order valence-electron chi connectivity index (χ3n) is 7.54. The molecule has 13 nitrogen and oxygen atoms in total. The lowest BCUT2D eigenvalue weighted by Gasteiger charge is -2.42. The molecule has 0 spiro atoms. The normalized spacial score (nSPS) is 34.1. The molecule has 1 N–H and O–H groups in total. The Bertz CT molecular complexity index is 1250. The van der Waals surface area contributed by atoms with Crippen LogP contribution in [0, 0.1) is 17.3 Å².